The molecule has 0 spiro atoms. The number of rotatable bonds is 4. The van der Waals surface area contributed by atoms with Crippen molar-refractivity contribution in [2.75, 3.05) is 23.3 Å². The quantitative estimate of drug-likeness (QED) is 0.639. The highest BCUT2D eigenvalue weighted by atomic mass is 19.1. The summed E-state index contributed by atoms with van der Waals surface area (Å²) >= 11 is 0. The number of aldehydes is 1. The molecule has 1 aromatic carbocycles. The summed E-state index contributed by atoms with van der Waals surface area (Å²) in [5.74, 6) is -0.875. The highest BCUT2D eigenvalue weighted by molar-refractivity contribution is 5.76. The monoisotopic (exact) mass is 427 g/mol. The lowest BCUT2D eigenvalue weighted by Gasteiger charge is -2.33. The Bertz CT molecular complexity index is 1110. The maximum Gasteiger partial charge on any atom is 0.172 e. The molecule has 3 aliphatic rings. The molecule has 3 N–H and O–H groups in total. The van der Waals surface area contributed by atoms with Gasteiger partial charge in [0.25, 0.3) is 0 Å². The van der Waals surface area contributed by atoms with E-state index in [1.54, 1.807) is 12.1 Å². The van der Waals surface area contributed by atoms with Crippen molar-refractivity contribution in [3.63, 3.8) is 0 Å². The predicted molar refractivity (Wildman–Crippen MR) is 108 cm³/mol. The van der Waals surface area contributed by atoms with Crippen molar-refractivity contribution in [2.45, 2.75) is 24.6 Å². The number of fused-ring (bicyclic) bond motifs is 3. The smallest absolute Gasteiger partial charge is 0.172 e. The number of benzene rings is 1. The molecule has 1 fully saturated rings. The number of phenols is 1. The van der Waals surface area contributed by atoms with Gasteiger partial charge in [-0.25, -0.2) is 8.78 Å². The van der Waals surface area contributed by atoms with E-state index in [0.717, 1.165) is 5.69 Å². The molecule has 160 valence electrons. The van der Waals surface area contributed by atoms with Gasteiger partial charge in [-0.05, 0) is 18.2 Å². The zero-order valence-corrected chi connectivity index (χ0v) is 16.3. The van der Waals surface area contributed by atoms with E-state index in [1.165, 1.54) is 24.4 Å². The number of hydrogen-bond donors (Lipinski definition) is 3. The summed E-state index contributed by atoms with van der Waals surface area (Å²) in [6.07, 6.45) is 3.69. The van der Waals surface area contributed by atoms with Gasteiger partial charge in [-0.1, -0.05) is 6.07 Å². The lowest BCUT2D eigenvalue weighted by molar-refractivity contribution is -0.109. The number of carbonyl (C=O) groups excluding carboxylic acids is 1. The fourth-order valence-corrected chi connectivity index (χ4v) is 4.13. The molecule has 5 rings (SSSR count). The van der Waals surface area contributed by atoms with E-state index in [-0.39, 0.29) is 17.7 Å². The number of dihydropyridines is 1. The maximum atomic E-state index is 13.9. The summed E-state index contributed by atoms with van der Waals surface area (Å²) in [5, 5.41) is 24.3. The standard InChI is InChI=1S/C21H19F2N5O3/c22-15-3-1-2-14(20(15)30)17-6-19-21(27-26-17)25-7-11-4-13(9-28(11)19)31-12-5-16(23)18(10-29)24-8-12/h1-3,5-6,8,10-11,13,18,24,30H,4,7,9H2,(H,25,27). The van der Waals surface area contributed by atoms with Crippen molar-refractivity contribution < 1.29 is 23.4 Å². The highest BCUT2D eigenvalue weighted by Gasteiger charge is 2.38. The third-order valence-corrected chi connectivity index (χ3v) is 5.65. The third-order valence-electron chi connectivity index (χ3n) is 5.65. The number of ether oxygens (including phenoxy) is 1. The van der Waals surface area contributed by atoms with Crippen molar-refractivity contribution in [3.8, 4) is 17.0 Å². The van der Waals surface area contributed by atoms with Crippen molar-refractivity contribution in [1.82, 2.24) is 15.5 Å². The maximum absolute atomic E-state index is 13.9. The minimum absolute atomic E-state index is 0.115. The van der Waals surface area contributed by atoms with Gasteiger partial charge in [-0.15, -0.1) is 10.2 Å². The molecule has 8 nitrogen and oxygen atoms in total. The molecule has 3 aliphatic heterocycles. The number of halogens is 2. The molecule has 1 saturated heterocycles. The van der Waals surface area contributed by atoms with Crippen LogP contribution >= 0.6 is 0 Å². The highest BCUT2D eigenvalue weighted by Crippen LogP contribution is 2.39. The van der Waals surface area contributed by atoms with Gasteiger partial charge >= 0.3 is 0 Å². The van der Waals surface area contributed by atoms with E-state index in [9.17, 15) is 18.7 Å². The molecule has 0 saturated carbocycles. The Labute approximate surface area is 176 Å². The van der Waals surface area contributed by atoms with Gasteiger partial charge in [0.2, 0.25) is 0 Å². The van der Waals surface area contributed by atoms with Crippen LogP contribution < -0.4 is 15.5 Å². The van der Waals surface area contributed by atoms with Crippen LogP contribution in [0.5, 0.6) is 5.75 Å². The second kappa shape index (κ2) is 7.53. The Morgan fingerprint density at radius 3 is 2.97 bits per heavy atom. The number of carbonyl (C=O) groups is 1. The Kier molecular flexibility index (Phi) is 4.68. The fraction of sp³-hybridized carbons (Fsp3) is 0.286. The van der Waals surface area contributed by atoms with Gasteiger partial charge in [0.1, 0.15) is 30.0 Å². The predicted octanol–water partition coefficient (Wildman–Crippen LogP) is 2.24. The molecular weight excluding hydrogens is 408 g/mol. The Morgan fingerprint density at radius 1 is 1.29 bits per heavy atom. The normalized spacial score (nSPS) is 24.2. The van der Waals surface area contributed by atoms with E-state index in [1.807, 2.05) is 0 Å². The second-order valence-electron chi connectivity index (χ2n) is 7.62. The average molecular weight is 427 g/mol. The van der Waals surface area contributed by atoms with Gasteiger partial charge in [0, 0.05) is 30.8 Å². The lowest BCUT2D eigenvalue weighted by atomic mass is 10.1. The van der Waals surface area contributed by atoms with Crippen molar-refractivity contribution >= 4 is 17.8 Å². The van der Waals surface area contributed by atoms with Crippen molar-refractivity contribution in [3.05, 3.63) is 53.9 Å². The summed E-state index contributed by atoms with van der Waals surface area (Å²) in [7, 11) is 0. The first-order chi connectivity index (χ1) is 15.0. The number of nitrogens with one attached hydrogen (secondary N) is 2. The Hall–Kier alpha value is -3.69. The molecule has 0 aliphatic carbocycles. The molecule has 4 heterocycles. The summed E-state index contributed by atoms with van der Waals surface area (Å²) in [6, 6.07) is 5.15. The lowest BCUT2D eigenvalue weighted by Crippen LogP contribution is -2.40. The van der Waals surface area contributed by atoms with Crippen molar-refractivity contribution in [1.29, 1.82) is 0 Å². The minimum atomic E-state index is -0.977. The topological polar surface area (TPSA) is 99.6 Å². The number of hydrogen-bond acceptors (Lipinski definition) is 8. The molecule has 0 bridgehead atoms. The first-order valence-electron chi connectivity index (χ1n) is 9.85. The molecule has 3 unspecified atom stereocenters. The van der Waals surface area contributed by atoms with E-state index in [4.69, 9.17) is 4.74 Å². The van der Waals surface area contributed by atoms with Gasteiger partial charge < -0.3 is 30.2 Å². The van der Waals surface area contributed by atoms with E-state index >= 15 is 0 Å². The summed E-state index contributed by atoms with van der Waals surface area (Å²) in [6.45, 7) is 1.17. The SMILES string of the molecule is O=CC1NC=C(OC2CC3CNc4nnc(-c5cccc(F)c5O)cc4N3C2)C=C1F. The van der Waals surface area contributed by atoms with E-state index in [2.05, 4.69) is 25.7 Å². The van der Waals surface area contributed by atoms with Crippen LogP contribution in [0.25, 0.3) is 11.3 Å². The van der Waals surface area contributed by atoms with Crippen LogP contribution in [0.1, 0.15) is 6.42 Å². The number of para-hydroxylation sites is 1. The Morgan fingerprint density at radius 2 is 2.16 bits per heavy atom. The minimum Gasteiger partial charge on any atom is -0.504 e. The fourth-order valence-electron chi connectivity index (χ4n) is 4.13. The number of nitrogens with zero attached hydrogens (tertiary/aromatic N) is 3. The van der Waals surface area contributed by atoms with Gasteiger partial charge in [-0.2, -0.15) is 0 Å². The number of anilines is 2. The molecule has 0 radical (unpaired) electrons. The molecule has 1 aromatic heterocycles. The van der Waals surface area contributed by atoms with Crippen LogP contribution in [0.2, 0.25) is 0 Å². The van der Waals surface area contributed by atoms with Crippen LogP contribution in [0.3, 0.4) is 0 Å². The molecule has 2 aromatic rings. The van der Waals surface area contributed by atoms with Crippen LogP contribution in [-0.4, -0.2) is 52.9 Å². The largest absolute Gasteiger partial charge is 0.504 e. The first kappa shape index (κ1) is 19.3. The number of allylic oxidation sites excluding steroid dienone is 1. The third kappa shape index (κ3) is 3.43. The van der Waals surface area contributed by atoms with E-state index < -0.39 is 23.4 Å². The number of phenolic OH excluding ortho intramolecular Hbond substituents is 1. The average Bonchev–Trinajstić information content (AvgIpc) is 3.18. The Balaban J connectivity index is 1.37. The van der Waals surface area contributed by atoms with Gasteiger partial charge in [0.15, 0.2) is 17.4 Å². The summed E-state index contributed by atoms with van der Waals surface area (Å²) in [5.41, 5.74) is 1.38. The van der Waals surface area contributed by atoms with E-state index in [0.29, 0.717) is 43.1 Å². The molecule has 10 heteroatoms. The van der Waals surface area contributed by atoms with Crippen molar-refractivity contribution in [2.24, 2.45) is 0 Å². The molecular formula is C21H19F2N5O3. The van der Waals surface area contributed by atoms with Crippen LogP contribution in [0, 0.1) is 5.82 Å². The zero-order chi connectivity index (χ0) is 21.5. The van der Waals surface area contributed by atoms with Crippen LogP contribution in [-0.2, 0) is 9.53 Å². The number of aromatic hydroxyl groups is 1. The second-order valence-corrected chi connectivity index (χ2v) is 7.62. The summed E-state index contributed by atoms with van der Waals surface area (Å²) in [4.78, 5) is 12.9. The molecule has 31 heavy (non-hydrogen) atoms. The van der Waals surface area contributed by atoms with Crippen LogP contribution in [0.15, 0.2) is 48.1 Å². The van der Waals surface area contributed by atoms with Gasteiger partial charge in [0.05, 0.1) is 24.0 Å². The summed E-state index contributed by atoms with van der Waals surface area (Å²) < 4.78 is 33.6. The number of aromatic nitrogens is 2. The zero-order valence-electron chi connectivity index (χ0n) is 16.3. The van der Waals surface area contributed by atoms with Gasteiger partial charge in [-0.3, -0.25) is 0 Å². The molecule has 0 amide bonds. The first-order valence-corrected chi connectivity index (χ1v) is 9.85. The van der Waals surface area contributed by atoms with Crippen LogP contribution in [0.4, 0.5) is 20.3 Å². The molecule has 3 atom stereocenters.